The second-order valence-corrected chi connectivity index (χ2v) is 2.92. The molecule has 1 atom stereocenters. The molecule has 0 aliphatic carbocycles. The Hall–Kier alpha value is 0.610. The summed E-state index contributed by atoms with van der Waals surface area (Å²) in [5.74, 6) is 0. The molecule has 0 saturated heterocycles. The van der Waals surface area contributed by atoms with E-state index in [1.54, 1.807) is 0 Å². The number of halogens is 1. The van der Waals surface area contributed by atoms with Gasteiger partial charge in [-0.3, -0.25) is 8.89 Å². The van der Waals surface area contributed by atoms with Crippen molar-refractivity contribution in [3.8, 4) is 0 Å². The van der Waals surface area contributed by atoms with E-state index in [9.17, 15) is 8.76 Å². The molecule has 1 unspecified atom stereocenters. The molecule has 7 heteroatoms. The molecule has 1 rings (SSSR count). The average Bonchev–Trinajstić information content (AvgIpc) is 2.11. The van der Waals surface area contributed by atoms with Crippen LogP contribution < -0.4 is 29.6 Å². The third-order valence-electron chi connectivity index (χ3n) is 1.00. The number of aryl methyl sites for hydroxylation is 1. The van der Waals surface area contributed by atoms with Gasteiger partial charge in [0.2, 0.25) is 0 Å². The van der Waals surface area contributed by atoms with E-state index in [4.69, 9.17) is 11.6 Å². The zero-order valence-electron chi connectivity index (χ0n) is 6.07. The monoisotopic (exact) mass is 202 g/mol. The second kappa shape index (κ2) is 4.59. The molecule has 1 aromatic heterocycles. The van der Waals surface area contributed by atoms with E-state index in [1.807, 2.05) is 0 Å². The van der Waals surface area contributed by atoms with Crippen LogP contribution in [0.5, 0.6) is 0 Å². The molecular formula is C4H4ClN2NaO2S. The van der Waals surface area contributed by atoms with Crippen LogP contribution in [0.1, 0.15) is 0 Å². The Balaban J connectivity index is 0.000001000. The van der Waals surface area contributed by atoms with E-state index >= 15 is 0 Å². The SMILES string of the molecule is Cn1ncc(Cl)c1S(=O)[O-].[Na+]. The summed E-state index contributed by atoms with van der Waals surface area (Å²) in [6, 6.07) is 0. The fourth-order valence-corrected chi connectivity index (χ4v) is 1.42. The molecule has 0 aromatic carbocycles. The second-order valence-electron chi connectivity index (χ2n) is 1.66. The van der Waals surface area contributed by atoms with Gasteiger partial charge in [0, 0.05) is 7.05 Å². The summed E-state index contributed by atoms with van der Waals surface area (Å²) in [4.78, 5) is 0. The summed E-state index contributed by atoms with van der Waals surface area (Å²) in [5, 5.41) is 3.79. The minimum absolute atomic E-state index is 0. The molecule has 0 radical (unpaired) electrons. The van der Waals surface area contributed by atoms with Gasteiger partial charge in [-0.2, -0.15) is 5.10 Å². The normalized spacial score (nSPS) is 12.3. The molecule has 0 bridgehead atoms. The van der Waals surface area contributed by atoms with E-state index < -0.39 is 11.1 Å². The number of rotatable bonds is 1. The average molecular weight is 203 g/mol. The first-order valence-corrected chi connectivity index (χ1v) is 3.85. The first-order chi connectivity index (χ1) is 4.63. The smallest absolute Gasteiger partial charge is 0.767 e. The molecule has 0 saturated carbocycles. The van der Waals surface area contributed by atoms with Gasteiger partial charge in [-0.25, -0.2) is 0 Å². The third kappa shape index (κ3) is 2.54. The van der Waals surface area contributed by atoms with Gasteiger partial charge in [-0.05, 0) is 11.1 Å². The number of hydrogen-bond donors (Lipinski definition) is 0. The summed E-state index contributed by atoms with van der Waals surface area (Å²) < 4.78 is 21.9. The van der Waals surface area contributed by atoms with Crippen LogP contribution in [0.15, 0.2) is 11.2 Å². The molecule has 11 heavy (non-hydrogen) atoms. The summed E-state index contributed by atoms with van der Waals surface area (Å²) in [6.45, 7) is 0. The van der Waals surface area contributed by atoms with Crippen LogP contribution in [0, 0.1) is 0 Å². The van der Waals surface area contributed by atoms with E-state index in [-0.39, 0.29) is 39.6 Å². The van der Waals surface area contributed by atoms with E-state index in [2.05, 4.69) is 5.10 Å². The molecule has 0 spiro atoms. The van der Waals surface area contributed by atoms with Crippen molar-refractivity contribution in [3.05, 3.63) is 11.2 Å². The largest absolute Gasteiger partial charge is 1.00 e. The van der Waals surface area contributed by atoms with Crippen molar-refractivity contribution in [2.24, 2.45) is 7.05 Å². The van der Waals surface area contributed by atoms with Crippen LogP contribution in [0.4, 0.5) is 0 Å². The van der Waals surface area contributed by atoms with Crippen molar-refractivity contribution >= 4 is 22.7 Å². The molecular weight excluding hydrogens is 199 g/mol. The summed E-state index contributed by atoms with van der Waals surface area (Å²) in [5.41, 5.74) is 0. The Labute approximate surface area is 93.5 Å². The van der Waals surface area contributed by atoms with E-state index in [0.29, 0.717) is 0 Å². The number of aromatic nitrogens is 2. The van der Waals surface area contributed by atoms with Gasteiger partial charge in [0.25, 0.3) is 0 Å². The van der Waals surface area contributed by atoms with Gasteiger partial charge < -0.3 is 4.55 Å². The zero-order valence-corrected chi connectivity index (χ0v) is 9.65. The van der Waals surface area contributed by atoms with Gasteiger partial charge in [-0.15, -0.1) is 0 Å². The fourth-order valence-electron chi connectivity index (χ4n) is 0.587. The molecule has 0 amide bonds. The molecule has 1 heterocycles. The van der Waals surface area contributed by atoms with Crippen molar-refractivity contribution in [2.45, 2.75) is 5.03 Å². The molecule has 0 N–H and O–H groups in total. The Morgan fingerprint density at radius 3 is 2.55 bits per heavy atom. The van der Waals surface area contributed by atoms with Gasteiger partial charge in [0.15, 0.2) is 0 Å². The standard InChI is InChI=1S/C4H5ClN2O2S.Na/c1-7-4(10(8)9)3(5)2-6-7;/h2H,1H3,(H,8,9);/q;+1/p-1. The number of nitrogens with zero attached hydrogens (tertiary/aromatic N) is 2. The van der Waals surface area contributed by atoms with Crippen LogP contribution in [0.3, 0.4) is 0 Å². The van der Waals surface area contributed by atoms with Crippen LogP contribution >= 0.6 is 11.6 Å². The van der Waals surface area contributed by atoms with Crippen molar-refractivity contribution < 1.29 is 38.3 Å². The van der Waals surface area contributed by atoms with Crippen molar-refractivity contribution in [3.63, 3.8) is 0 Å². The first kappa shape index (κ1) is 11.6. The summed E-state index contributed by atoms with van der Waals surface area (Å²) >= 11 is 3.16. The van der Waals surface area contributed by atoms with Gasteiger partial charge >= 0.3 is 29.6 Å². The zero-order chi connectivity index (χ0) is 7.72. The van der Waals surface area contributed by atoms with Gasteiger partial charge in [-0.1, -0.05) is 11.6 Å². The Kier molecular flexibility index (Phi) is 4.85. The molecule has 0 aliphatic rings. The predicted molar refractivity (Wildman–Crippen MR) is 35.4 cm³/mol. The molecule has 56 valence electrons. The van der Waals surface area contributed by atoms with E-state index in [1.165, 1.54) is 17.9 Å². The maximum Gasteiger partial charge on any atom is 1.00 e. The maximum absolute atomic E-state index is 10.4. The van der Waals surface area contributed by atoms with Crippen molar-refractivity contribution in [2.75, 3.05) is 0 Å². The van der Waals surface area contributed by atoms with E-state index in [0.717, 1.165) is 0 Å². The van der Waals surface area contributed by atoms with Gasteiger partial charge in [0.05, 0.1) is 11.2 Å². The predicted octanol–water partition coefficient (Wildman–Crippen LogP) is -2.68. The van der Waals surface area contributed by atoms with Crippen molar-refractivity contribution in [1.29, 1.82) is 0 Å². The molecule has 4 nitrogen and oxygen atoms in total. The van der Waals surface area contributed by atoms with Crippen LogP contribution in [0.2, 0.25) is 5.02 Å². The first-order valence-electron chi connectivity index (χ1n) is 2.39. The molecule has 1 aromatic rings. The molecule has 0 aliphatic heterocycles. The maximum atomic E-state index is 10.4. The summed E-state index contributed by atoms with van der Waals surface area (Å²) in [6.07, 6.45) is 1.28. The minimum Gasteiger partial charge on any atom is -0.767 e. The Morgan fingerprint density at radius 2 is 2.36 bits per heavy atom. The van der Waals surface area contributed by atoms with Crippen LogP contribution in [0.25, 0.3) is 0 Å². The van der Waals surface area contributed by atoms with Gasteiger partial charge in [0.1, 0.15) is 5.03 Å². The minimum atomic E-state index is -2.30. The van der Waals surface area contributed by atoms with Crippen LogP contribution in [-0.2, 0) is 18.1 Å². The summed E-state index contributed by atoms with van der Waals surface area (Å²) in [7, 11) is 1.51. The Morgan fingerprint density at radius 1 is 1.82 bits per heavy atom. The van der Waals surface area contributed by atoms with Crippen molar-refractivity contribution in [1.82, 2.24) is 9.78 Å². The topological polar surface area (TPSA) is 58.0 Å². The Bertz CT molecular complexity index is 258. The molecule has 0 fully saturated rings. The quantitative estimate of drug-likeness (QED) is 0.368. The number of hydrogen-bond acceptors (Lipinski definition) is 3. The third-order valence-corrected chi connectivity index (χ3v) is 2.19. The fraction of sp³-hybridized carbons (Fsp3) is 0.250. The van der Waals surface area contributed by atoms with Crippen LogP contribution in [-0.4, -0.2) is 18.5 Å².